The topological polar surface area (TPSA) is 63.1 Å². The quantitative estimate of drug-likeness (QED) is 0.263. The standard InChI is InChI=1S/C28H33F6N5O2.2ClH/c1-36(8-7-20-17-22(27(29,30)31)19-23(18-20)28(32,33)34)25(40)24(21-5-3-2-4-6-21)37-9-11-38(12-10-37)26(35)39-13-15-41-16-14-39;;/h2-6,17-19,24,35H,7-16H2,1H3;2*1H/t24-;;/m0../s1. The normalized spacial score (nSPS) is 17.0. The van der Waals surface area contributed by atoms with Crippen molar-refractivity contribution in [2.45, 2.75) is 24.8 Å². The highest BCUT2D eigenvalue weighted by atomic mass is 35.5. The van der Waals surface area contributed by atoms with Crippen LogP contribution in [0.5, 0.6) is 0 Å². The maximum Gasteiger partial charge on any atom is 0.416 e. The number of carbonyl (C=O) groups is 1. The van der Waals surface area contributed by atoms with E-state index in [0.29, 0.717) is 70.6 Å². The van der Waals surface area contributed by atoms with Gasteiger partial charge in [-0.05, 0) is 35.7 Å². The Bertz CT molecular complexity index is 1170. The van der Waals surface area contributed by atoms with Gasteiger partial charge in [0.2, 0.25) is 5.91 Å². The van der Waals surface area contributed by atoms with Crippen LogP contribution in [0, 0.1) is 5.41 Å². The third-order valence-corrected chi connectivity index (χ3v) is 7.40. The minimum absolute atomic E-state index is 0. The summed E-state index contributed by atoms with van der Waals surface area (Å²) in [6, 6.07) is 9.89. The number of piperazine rings is 1. The SMILES string of the molecule is CN(CCc1cc(C(F)(F)F)cc(C(F)(F)F)c1)C(=O)[C@H](c1ccccc1)N1CCN(C(=N)N2CCOCC2)CC1.Cl.Cl. The van der Waals surface area contributed by atoms with Gasteiger partial charge in [0.1, 0.15) is 6.04 Å². The molecule has 0 aromatic heterocycles. The highest BCUT2D eigenvalue weighted by Crippen LogP contribution is 2.36. The molecule has 2 aromatic rings. The smallest absolute Gasteiger partial charge is 0.378 e. The second-order valence-corrected chi connectivity index (χ2v) is 10.2. The number of ether oxygens (including phenoxy) is 1. The number of likely N-dealkylation sites (N-methyl/N-ethyl adjacent to an activating group) is 1. The molecule has 1 atom stereocenters. The van der Waals surface area contributed by atoms with Gasteiger partial charge in [0.05, 0.1) is 24.3 Å². The van der Waals surface area contributed by atoms with Crippen LogP contribution in [0.1, 0.15) is 28.3 Å². The highest BCUT2D eigenvalue weighted by molar-refractivity contribution is 5.85. The number of nitrogens with zero attached hydrogens (tertiary/aromatic N) is 4. The van der Waals surface area contributed by atoms with Crippen molar-refractivity contribution in [2.24, 2.45) is 0 Å². The number of amides is 1. The van der Waals surface area contributed by atoms with Crippen LogP contribution in [0.3, 0.4) is 0 Å². The Hall–Kier alpha value is -2.74. The summed E-state index contributed by atoms with van der Waals surface area (Å²) in [5.41, 5.74) is -2.17. The third kappa shape index (κ3) is 9.37. The molecule has 2 aromatic carbocycles. The minimum Gasteiger partial charge on any atom is -0.378 e. The fourth-order valence-electron chi connectivity index (χ4n) is 5.09. The van der Waals surface area contributed by atoms with Crippen LogP contribution in [-0.4, -0.2) is 97.5 Å². The van der Waals surface area contributed by atoms with Gasteiger partial charge in [-0.25, -0.2) is 0 Å². The summed E-state index contributed by atoms with van der Waals surface area (Å²) in [6.45, 7) is 4.40. The largest absolute Gasteiger partial charge is 0.416 e. The molecule has 0 saturated carbocycles. The van der Waals surface area contributed by atoms with E-state index in [1.165, 1.54) is 11.9 Å². The molecule has 2 aliphatic rings. The van der Waals surface area contributed by atoms with Gasteiger partial charge < -0.3 is 19.4 Å². The number of alkyl halides is 6. The maximum atomic E-state index is 13.7. The number of carbonyl (C=O) groups excluding carboxylic acids is 1. The van der Waals surface area contributed by atoms with E-state index in [0.717, 1.165) is 5.56 Å². The molecule has 43 heavy (non-hydrogen) atoms. The van der Waals surface area contributed by atoms with Crippen molar-refractivity contribution in [3.05, 3.63) is 70.8 Å². The summed E-state index contributed by atoms with van der Waals surface area (Å²) in [7, 11) is 1.50. The van der Waals surface area contributed by atoms with Crippen molar-refractivity contribution in [1.29, 1.82) is 5.41 Å². The van der Waals surface area contributed by atoms with Gasteiger partial charge in [0.25, 0.3) is 0 Å². The van der Waals surface area contributed by atoms with Gasteiger partial charge in [0.15, 0.2) is 5.96 Å². The molecule has 0 unspecified atom stereocenters. The number of hydrogen-bond donors (Lipinski definition) is 1. The van der Waals surface area contributed by atoms with Crippen molar-refractivity contribution in [3.8, 4) is 0 Å². The first-order valence-electron chi connectivity index (χ1n) is 13.3. The van der Waals surface area contributed by atoms with E-state index in [1.807, 2.05) is 32.9 Å². The number of nitrogens with one attached hydrogen (secondary N) is 1. The molecular weight excluding hydrogens is 623 g/mol. The molecule has 2 saturated heterocycles. The van der Waals surface area contributed by atoms with Gasteiger partial charge in [0, 0.05) is 52.9 Å². The van der Waals surface area contributed by atoms with E-state index in [4.69, 9.17) is 10.1 Å². The summed E-state index contributed by atoms with van der Waals surface area (Å²) in [6.07, 6.45) is -10.0. The van der Waals surface area contributed by atoms with E-state index < -0.39 is 29.5 Å². The Morgan fingerprint density at radius 3 is 1.88 bits per heavy atom. The van der Waals surface area contributed by atoms with Crippen molar-refractivity contribution in [1.82, 2.24) is 19.6 Å². The molecule has 2 fully saturated rings. The summed E-state index contributed by atoms with van der Waals surface area (Å²) < 4.78 is 85.1. The fraction of sp³-hybridized carbons (Fsp3) is 0.500. The maximum absolute atomic E-state index is 13.7. The second-order valence-electron chi connectivity index (χ2n) is 10.2. The van der Waals surface area contributed by atoms with E-state index in [9.17, 15) is 31.1 Å². The molecule has 7 nitrogen and oxygen atoms in total. The average Bonchev–Trinajstić information content (AvgIpc) is 2.96. The van der Waals surface area contributed by atoms with Crippen LogP contribution in [0.4, 0.5) is 26.3 Å². The molecule has 1 amide bonds. The van der Waals surface area contributed by atoms with Crippen molar-refractivity contribution >= 4 is 36.7 Å². The van der Waals surface area contributed by atoms with Gasteiger partial charge in [-0.1, -0.05) is 30.3 Å². The number of guanidine groups is 1. The van der Waals surface area contributed by atoms with E-state index in [-0.39, 0.29) is 55.3 Å². The predicted molar refractivity (Wildman–Crippen MR) is 155 cm³/mol. The molecule has 15 heteroatoms. The molecule has 240 valence electrons. The fourth-order valence-corrected chi connectivity index (χ4v) is 5.09. The molecule has 4 rings (SSSR count). The Balaban J connectivity index is 0.00000323. The van der Waals surface area contributed by atoms with Crippen LogP contribution in [0.15, 0.2) is 48.5 Å². The monoisotopic (exact) mass is 657 g/mol. The summed E-state index contributed by atoms with van der Waals surface area (Å²) in [5, 5.41) is 8.57. The average molecular weight is 659 g/mol. The summed E-state index contributed by atoms with van der Waals surface area (Å²) in [4.78, 5) is 21.0. The lowest BCUT2D eigenvalue weighted by atomic mass is 10.0. The number of rotatable bonds is 6. The lowest BCUT2D eigenvalue weighted by molar-refractivity contribution is -0.143. The number of hydrogen-bond acceptors (Lipinski definition) is 4. The van der Waals surface area contributed by atoms with Crippen LogP contribution in [-0.2, 0) is 28.3 Å². The third-order valence-electron chi connectivity index (χ3n) is 7.40. The van der Waals surface area contributed by atoms with Crippen molar-refractivity contribution in [3.63, 3.8) is 0 Å². The molecular formula is C28H35Cl2F6N5O2. The molecule has 0 bridgehead atoms. The first kappa shape index (κ1) is 36.5. The molecule has 2 heterocycles. The first-order valence-corrected chi connectivity index (χ1v) is 13.3. The lowest BCUT2D eigenvalue weighted by Crippen LogP contribution is -2.56. The predicted octanol–water partition coefficient (Wildman–Crippen LogP) is 5.19. The van der Waals surface area contributed by atoms with Crippen LogP contribution < -0.4 is 0 Å². The molecule has 1 N–H and O–H groups in total. The zero-order valence-corrected chi connectivity index (χ0v) is 25.1. The molecule has 0 radical (unpaired) electrons. The van der Waals surface area contributed by atoms with Gasteiger partial charge in [-0.2, -0.15) is 26.3 Å². The Kier molecular flexibility index (Phi) is 13.0. The Morgan fingerprint density at radius 2 is 1.37 bits per heavy atom. The Morgan fingerprint density at radius 1 is 0.860 bits per heavy atom. The summed E-state index contributed by atoms with van der Waals surface area (Å²) in [5.74, 6) is 0.114. The highest BCUT2D eigenvalue weighted by Gasteiger charge is 2.37. The summed E-state index contributed by atoms with van der Waals surface area (Å²) >= 11 is 0. The van der Waals surface area contributed by atoms with E-state index in [2.05, 4.69) is 0 Å². The van der Waals surface area contributed by atoms with Crippen LogP contribution in [0.25, 0.3) is 0 Å². The first-order chi connectivity index (χ1) is 19.3. The zero-order valence-electron chi connectivity index (χ0n) is 23.5. The second kappa shape index (κ2) is 15.3. The number of benzene rings is 2. The van der Waals surface area contributed by atoms with E-state index >= 15 is 0 Å². The van der Waals surface area contributed by atoms with Gasteiger partial charge >= 0.3 is 12.4 Å². The lowest BCUT2D eigenvalue weighted by Gasteiger charge is -2.43. The van der Waals surface area contributed by atoms with Crippen LogP contribution >= 0.6 is 24.8 Å². The molecule has 0 aliphatic carbocycles. The van der Waals surface area contributed by atoms with Gasteiger partial charge in [-0.15, -0.1) is 24.8 Å². The number of halogens is 8. The zero-order chi connectivity index (χ0) is 29.8. The van der Waals surface area contributed by atoms with Crippen LogP contribution in [0.2, 0.25) is 0 Å². The molecule has 0 spiro atoms. The van der Waals surface area contributed by atoms with E-state index in [1.54, 1.807) is 12.1 Å². The van der Waals surface area contributed by atoms with Crippen molar-refractivity contribution in [2.75, 3.05) is 66.1 Å². The molecule has 2 aliphatic heterocycles. The van der Waals surface area contributed by atoms with Gasteiger partial charge in [-0.3, -0.25) is 15.1 Å². The Labute approximate surface area is 259 Å². The minimum atomic E-state index is -4.93. The van der Waals surface area contributed by atoms with Crippen molar-refractivity contribution < 1.29 is 35.9 Å². The number of morpholine rings is 1.